The molecule has 0 atom stereocenters. The molecule has 6 heteroatoms. The maximum atomic E-state index is 11.3. The topological polar surface area (TPSA) is 54.4 Å². The maximum absolute atomic E-state index is 11.3. The van der Waals surface area contributed by atoms with Gasteiger partial charge in [-0.3, -0.25) is 4.79 Å². The highest BCUT2D eigenvalue weighted by Crippen LogP contribution is 2.28. The van der Waals surface area contributed by atoms with E-state index in [4.69, 9.17) is 0 Å². The van der Waals surface area contributed by atoms with Gasteiger partial charge in [0.25, 0.3) is 0 Å². The van der Waals surface area contributed by atoms with Crippen LogP contribution in [0.3, 0.4) is 0 Å². The fraction of sp³-hybridized carbons (Fsp3) is 0.182. The summed E-state index contributed by atoms with van der Waals surface area (Å²) in [5, 5.41) is 3.67. The second-order valence-electron chi connectivity index (χ2n) is 3.16. The predicted molar refractivity (Wildman–Crippen MR) is 72.7 cm³/mol. The van der Waals surface area contributed by atoms with E-state index >= 15 is 0 Å². The number of hydrazone groups is 1. The van der Waals surface area contributed by atoms with E-state index in [9.17, 15) is 4.79 Å². The lowest BCUT2D eigenvalue weighted by Gasteiger charge is -1.96. The number of hydrogen-bond acceptors (Lipinski definition) is 5. The molecule has 1 aromatic heterocycles. The third-order valence-electron chi connectivity index (χ3n) is 1.92. The lowest BCUT2D eigenvalue weighted by Crippen LogP contribution is -2.19. The van der Waals surface area contributed by atoms with Crippen LogP contribution in [0.5, 0.6) is 0 Å². The Bertz CT molecular complexity index is 517. The summed E-state index contributed by atoms with van der Waals surface area (Å²) in [4.78, 5) is 15.7. The molecule has 0 aliphatic rings. The third kappa shape index (κ3) is 3.28. The average molecular weight is 265 g/mol. The van der Waals surface area contributed by atoms with Crippen molar-refractivity contribution in [1.82, 2.24) is 10.4 Å². The van der Waals surface area contributed by atoms with Crippen LogP contribution >= 0.6 is 23.1 Å². The smallest absolute Gasteiger partial charge is 0.250 e. The van der Waals surface area contributed by atoms with E-state index in [2.05, 4.69) is 15.5 Å². The molecule has 0 saturated heterocycles. The van der Waals surface area contributed by atoms with Gasteiger partial charge in [0, 0.05) is 6.21 Å². The van der Waals surface area contributed by atoms with Crippen molar-refractivity contribution in [3.8, 4) is 0 Å². The Morgan fingerprint density at radius 1 is 1.59 bits per heavy atom. The molecule has 2 aromatic rings. The number of benzene rings is 1. The third-order valence-corrected chi connectivity index (χ3v) is 4.10. The Kier molecular flexibility index (Phi) is 4.11. The monoisotopic (exact) mass is 265 g/mol. The van der Waals surface area contributed by atoms with Gasteiger partial charge in [-0.1, -0.05) is 23.9 Å². The van der Waals surface area contributed by atoms with Crippen molar-refractivity contribution < 1.29 is 4.79 Å². The maximum Gasteiger partial charge on any atom is 0.250 e. The summed E-state index contributed by atoms with van der Waals surface area (Å²) in [5.41, 5.74) is 3.40. The van der Waals surface area contributed by atoms with Gasteiger partial charge in [-0.05, 0) is 19.1 Å². The van der Waals surface area contributed by atoms with Crippen LogP contribution in [0.25, 0.3) is 10.2 Å². The molecule has 1 N–H and O–H groups in total. The number of amides is 1. The fourth-order valence-corrected chi connectivity index (χ4v) is 3.07. The summed E-state index contributed by atoms with van der Waals surface area (Å²) in [6.07, 6.45) is 1.54. The van der Waals surface area contributed by atoms with Gasteiger partial charge in [0.05, 0.1) is 16.0 Å². The molecule has 1 heterocycles. The minimum Gasteiger partial charge on any atom is -0.272 e. The highest BCUT2D eigenvalue weighted by molar-refractivity contribution is 8.01. The number of fused-ring (bicyclic) bond motifs is 1. The number of carbonyl (C=O) groups is 1. The molecule has 88 valence electrons. The molecular weight excluding hydrogens is 254 g/mol. The van der Waals surface area contributed by atoms with Gasteiger partial charge in [-0.2, -0.15) is 5.10 Å². The van der Waals surface area contributed by atoms with Crippen LogP contribution in [0.15, 0.2) is 33.7 Å². The van der Waals surface area contributed by atoms with Gasteiger partial charge >= 0.3 is 0 Å². The zero-order valence-electron chi connectivity index (χ0n) is 9.21. The number of thiazole rings is 1. The summed E-state index contributed by atoms with van der Waals surface area (Å²) in [5.74, 6) is 0.212. The molecular formula is C11H11N3OS2. The van der Waals surface area contributed by atoms with Crippen LogP contribution in [-0.4, -0.2) is 22.9 Å². The standard InChI is InChI=1S/C11H11N3OS2/c1-2-12-14-10(15)7-16-11-13-8-5-3-4-6-9(8)17-11/h2-6H,7H2,1H3,(H,14,15). The van der Waals surface area contributed by atoms with Gasteiger partial charge in [-0.15, -0.1) is 11.3 Å². The van der Waals surface area contributed by atoms with Crippen LogP contribution in [0, 0.1) is 0 Å². The Labute approximate surface area is 107 Å². The fourth-order valence-electron chi connectivity index (χ4n) is 1.21. The molecule has 0 unspecified atom stereocenters. The summed E-state index contributed by atoms with van der Waals surface area (Å²) in [7, 11) is 0. The highest BCUT2D eigenvalue weighted by Gasteiger charge is 2.06. The van der Waals surface area contributed by atoms with Crippen molar-refractivity contribution in [2.45, 2.75) is 11.3 Å². The molecule has 0 bridgehead atoms. The number of para-hydroxylation sites is 1. The first-order valence-electron chi connectivity index (χ1n) is 5.04. The normalized spacial score (nSPS) is 11.1. The van der Waals surface area contributed by atoms with Gasteiger partial charge < -0.3 is 0 Å². The summed E-state index contributed by atoms with van der Waals surface area (Å²) in [6.45, 7) is 1.75. The van der Waals surface area contributed by atoms with Crippen LogP contribution in [0.4, 0.5) is 0 Å². The van der Waals surface area contributed by atoms with Crippen LogP contribution in [-0.2, 0) is 4.79 Å². The van der Waals surface area contributed by atoms with Crippen LogP contribution in [0.2, 0.25) is 0 Å². The molecule has 0 spiro atoms. The average Bonchev–Trinajstić information content (AvgIpc) is 2.76. The molecule has 0 aliphatic carbocycles. The first-order valence-corrected chi connectivity index (χ1v) is 6.84. The van der Waals surface area contributed by atoms with Crippen molar-refractivity contribution in [1.29, 1.82) is 0 Å². The Morgan fingerprint density at radius 2 is 2.41 bits per heavy atom. The highest BCUT2D eigenvalue weighted by atomic mass is 32.2. The number of thioether (sulfide) groups is 1. The molecule has 0 aliphatic heterocycles. The quantitative estimate of drug-likeness (QED) is 0.525. The van der Waals surface area contributed by atoms with Gasteiger partial charge in [-0.25, -0.2) is 10.4 Å². The predicted octanol–water partition coefficient (Wildman–Crippen LogP) is 2.51. The number of rotatable bonds is 4. The second-order valence-corrected chi connectivity index (χ2v) is 5.41. The molecule has 0 saturated carbocycles. The SMILES string of the molecule is CC=NNC(=O)CSc1nc2ccccc2s1. The zero-order valence-corrected chi connectivity index (χ0v) is 10.8. The lowest BCUT2D eigenvalue weighted by atomic mass is 10.3. The summed E-state index contributed by atoms with van der Waals surface area (Å²) >= 11 is 3.02. The summed E-state index contributed by atoms with van der Waals surface area (Å²) < 4.78 is 2.05. The molecule has 2 rings (SSSR count). The van der Waals surface area contributed by atoms with E-state index in [1.807, 2.05) is 24.3 Å². The minimum absolute atomic E-state index is 0.118. The molecule has 1 aromatic carbocycles. The van der Waals surface area contributed by atoms with Crippen LogP contribution < -0.4 is 5.43 Å². The Hall–Kier alpha value is -1.40. The van der Waals surface area contributed by atoms with Crippen molar-refractivity contribution in [3.63, 3.8) is 0 Å². The van der Waals surface area contributed by atoms with Crippen molar-refractivity contribution in [2.24, 2.45) is 5.10 Å². The van der Waals surface area contributed by atoms with Gasteiger partial charge in [0.15, 0.2) is 4.34 Å². The summed E-state index contributed by atoms with van der Waals surface area (Å²) in [6, 6.07) is 7.94. The Morgan fingerprint density at radius 3 is 3.18 bits per heavy atom. The molecule has 0 fully saturated rings. The van der Waals surface area contributed by atoms with Crippen molar-refractivity contribution >= 4 is 45.4 Å². The Balaban J connectivity index is 1.97. The van der Waals surface area contributed by atoms with Crippen LogP contribution in [0.1, 0.15) is 6.92 Å². The van der Waals surface area contributed by atoms with E-state index in [1.54, 1.807) is 24.5 Å². The van der Waals surface area contributed by atoms with Gasteiger partial charge in [0.1, 0.15) is 0 Å². The van der Waals surface area contributed by atoms with E-state index in [-0.39, 0.29) is 5.91 Å². The number of carbonyl (C=O) groups excluding carboxylic acids is 1. The zero-order chi connectivity index (χ0) is 12.1. The van der Waals surface area contributed by atoms with E-state index in [1.165, 1.54) is 11.8 Å². The first-order chi connectivity index (χ1) is 8.29. The van der Waals surface area contributed by atoms with E-state index in [0.717, 1.165) is 14.6 Å². The molecule has 0 radical (unpaired) electrons. The second kappa shape index (κ2) is 5.79. The molecule has 1 amide bonds. The van der Waals surface area contributed by atoms with E-state index < -0.39 is 0 Å². The number of hydrogen-bond donors (Lipinski definition) is 1. The molecule has 4 nitrogen and oxygen atoms in total. The van der Waals surface area contributed by atoms with Gasteiger partial charge in [0.2, 0.25) is 5.91 Å². The van der Waals surface area contributed by atoms with E-state index in [0.29, 0.717) is 5.75 Å². The number of nitrogens with one attached hydrogen (secondary N) is 1. The largest absolute Gasteiger partial charge is 0.272 e. The number of aromatic nitrogens is 1. The minimum atomic E-state index is -0.118. The lowest BCUT2D eigenvalue weighted by molar-refractivity contribution is -0.118. The number of nitrogens with zero attached hydrogens (tertiary/aromatic N) is 2. The van der Waals surface area contributed by atoms with Crippen molar-refractivity contribution in [2.75, 3.05) is 5.75 Å². The molecule has 17 heavy (non-hydrogen) atoms. The first kappa shape index (κ1) is 12.1. The van der Waals surface area contributed by atoms with Crippen molar-refractivity contribution in [3.05, 3.63) is 24.3 Å².